The monoisotopic (exact) mass is 366 g/mol. The van der Waals surface area contributed by atoms with E-state index >= 15 is 0 Å². The van der Waals surface area contributed by atoms with Crippen molar-refractivity contribution in [1.82, 2.24) is 9.55 Å². The van der Waals surface area contributed by atoms with Crippen LogP contribution in [0.2, 0.25) is 0 Å². The van der Waals surface area contributed by atoms with Gasteiger partial charge in [-0.05, 0) is 25.3 Å². The minimum absolute atomic E-state index is 0.0151. The van der Waals surface area contributed by atoms with Crippen molar-refractivity contribution in [2.75, 3.05) is 5.75 Å². The fourth-order valence-electron chi connectivity index (χ4n) is 2.29. The normalized spacial score (nSPS) is 12.3. The first-order valence-corrected chi connectivity index (χ1v) is 9.99. The van der Waals surface area contributed by atoms with E-state index in [0.29, 0.717) is 23.4 Å². The lowest BCUT2D eigenvalue weighted by molar-refractivity contribution is -0.123. The average Bonchev–Trinajstić information content (AvgIpc) is 2.73. The molecule has 0 saturated heterocycles. The molecule has 0 N–H and O–H groups in total. The van der Waals surface area contributed by atoms with E-state index in [1.165, 1.54) is 11.8 Å². The number of hydrogen-bond acceptors (Lipinski definition) is 5. The van der Waals surface area contributed by atoms with Crippen LogP contribution in [0.1, 0.15) is 45.1 Å². The topological polar surface area (TPSA) is 52.0 Å². The number of ketones is 1. The number of carbonyl (C=O) groups excluding carboxylic acids is 1. The highest BCUT2D eigenvalue weighted by atomic mass is 32.2. The first-order chi connectivity index (χ1) is 11.0. The Morgan fingerprint density at radius 3 is 2.46 bits per heavy atom. The Bertz CT molecular complexity index is 826. The van der Waals surface area contributed by atoms with Crippen molar-refractivity contribution in [3.63, 3.8) is 0 Å². The molecule has 0 aliphatic carbocycles. The smallest absolute Gasteiger partial charge is 0.263 e. The van der Waals surface area contributed by atoms with E-state index in [4.69, 9.17) is 4.98 Å². The van der Waals surface area contributed by atoms with Crippen LogP contribution in [0.5, 0.6) is 0 Å². The molecule has 24 heavy (non-hydrogen) atoms. The fraction of sp³-hybridized carbons (Fsp3) is 0.611. The molecule has 0 amide bonds. The van der Waals surface area contributed by atoms with Crippen molar-refractivity contribution in [3.05, 3.63) is 20.8 Å². The third-order valence-corrected chi connectivity index (χ3v) is 6.05. The van der Waals surface area contributed by atoms with Gasteiger partial charge in [0.1, 0.15) is 10.6 Å². The Balaban J connectivity index is 2.51. The first-order valence-electron chi connectivity index (χ1n) is 8.19. The number of aromatic nitrogens is 2. The molecule has 0 spiro atoms. The average molecular weight is 367 g/mol. The Morgan fingerprint density at radius 2 is 1.92 bits per heavy atom. The van der Waals surface area contributed by atoms with Crippen LogP contribution in [0.15, 0.2) is 9.95 Å². The molecule has 0 aromatic carbocycles. The predicted molar refractivity (Wildman–Crippen MR) is 103 cm³/mol. The zero-order valence-electron chi connectivity index (χ0n) is 15.5. The third kappa shape index (κ3) is 3.91. The summed E-state index contributed by atoms with van der Waals surface area (Å²) in [5.41, 5.74) is 0.657. The fourth-order valence-corrected chi connectivity index (χ4v) is 4.53. The van der Waals surface area contributed by atoms with E-state index in [1.54, 1.807) is 15.9 Å². The maximum absolute atomic E-state index is 13.0. The highest BCUT2D eigenvalue weighted by Crippen LogP contribution is 2.29. The molecule has 0 unspecified atom stereocenters. The molecule has 132 valence electrons. The van der Waals surface area contributed by atoms with E-state index in [0.717, 1.165) is 20.7 Å². The molecule has 0 fully saturated rings. The minimum atomic E-state index is -0.379. The number of aryl methyl sites for hydroxylation is 2. The molecule has 2 rings (SSSR count). The van der Waals surface area contributed by atoms with Crippen LogP contribution in [-0.4, -0.2) is 21.1 Å². The summed E-state index contributed by atoms with van der Waals surface area (Å²) in [6.45, 7) is 14.5. The molecule has 2 aromatic heterocycles. The van der Waals surface area contributed by atoms with Crippen molar-refractivity contribution in [2.45, 2.75) is 60.2 Å². The third-order valence-electron chi connectivity index (χ3n) is 3.97. The highest BCUT2D eigenvalue weighted by Gasteiger charge is 2.23. The Kier molecular flexibility index (Phi) is 5.60. The van der Waals surface area contributed by atoms with Crippen LogP contribution in [0.4, 0.5) is 0 Å². The lowest BCUT2D eigenvalue weighted by atomic mass is 9.92. The summed E-state index contributed by atoms with van der Waals surface area (Å²) in [5, 5.41) is 1.38. The summed E-state index contributed by atoms with van der Waals surface area (Å²) in [5.74, 6) is 0.833. The standard InChI is InChI=1S/C18H26N2O2S2/c1-10(2)8-20-16(22)14-11(3)12(4)24-15(14)19-17(20)23-9-13(21)18(5,6)7/h10H,8-9H2,1-7H3. The number of fused-ring (bicyclic) bond motifs is 1. The van der Waals surface area contributed by atoms with Gasteiger partial charge in [0, 0.05) is 16.8 Å². The number of hydrogen-bond donors (Lipinski definition) is 0. The van der Waals surface area contributed by atoms with Crippen molar-refractivity contribution >= 4 is 39.1 Å². The van der Waals surface area contributed by atoms with Crippen LogP contribution in [0.25, 0.3) is 10.2 Å². The summed E-state index contributed by atoms with van der Waals surface area (Å²) in [7, 11) is 0. The van der Waals surface area contributed by atoms with Gasteiger partial charge in [-0.2, -0.15) is 0 Å². The number of thiophene rings is 1. The lowest BCUT2D eigenvalue weighted by Crippen LogP contribution is -2.27. The second kappa shape index (κ2) is 7.00. The molecule has 0 aliphatic rings. The van der Waals surface area contributed by atoms with Gasteiger partial charge in [0.2, 0.25) is 0 Å². The summed E-state index contributed by atoms with van der Waals surface area (Å²) in [6, 6.07) is 0. The van der Waals surface area contributed by atoms with Gasteiger partial charge in [0.25, 0.3) is 5.56 Å². The van der Waals surface area contributed by atoms with Crippen LogP contribution in [0, 0.1) is 25.2 Å². The molecular formula is C18H26N2O2S2. The number of carbonyl (C=O) groups is 1. The number of nitrogens with zero attached hydrogens (tertiary/aromatic N) is 2. The van der Waals surface area contributed by atoms with Crippen molar-refractivity contribution < 1.29 is 4.79 Å². The molecule has 0 saturated carbocycles. The summed E-state index contributed by atoms with van der Waals surface area (Å²) in [4.78, 5) is 31.9. The van der Waals surface area contributed by atoms with E-state index in [9.17, 15) is 9.59 Å². The maximum atomic E-state index is 13.0. The second-order valence-electron chi connectivity index (χ2n) is 7.63. The van der Waals surface area contributed by atoms with Gasteiger partial charge in [-0.1, -0.05) is 46.4 Å². The van der Waals surface area contributed by atoms with E-state index < -0.39 is 0 Å². The molecule has 0 atom stereocenters. The van der Waals surface area contributed by atoms with Gasteiger partial charge >= 0.3 is 0 Å². The van der Waals surface area contributed by atoms with Gasteiger partial charge in [0.05, 0.1) is 11.1 Å². The Labute approximate surface area is 151 Å². The summed E-state index contributed by atoms with van der Waals surface area (Å²) < 4.78 is 1.74. The number of rotatable bonds is 5. The molecular weight excluding hydrogens is 340 g/mol. The van der Waals surface area contributed by atoms with E-state index in [-0.39, 0.29) is 16.8 Å². The summed E-state index contributed by atoms with van der Waals surface area (Å²) >= 11 is 2.93. The second-order valence-corrected chi connectivity index (χ2v) is 9.77. The van der Waals surface area contributed by atoms with Gasteiger partial charge in [0.15, 0.2) is 5.16 Å². The zero-order valence-corrected chi connectivity index (χ0v) is 17.2. The van der Waals surface area contributed by atoms with Gasteiger partial charge in [-0.15, -0.1) is 11.3 Å². The van der Waals surface area contributed by atoms with Gasteiger partial charge in [-0.3, -0.25) is 14.2 Å². The number of Topliss-reactive ketones (excluding diaryl/α,β-unsaturated/α-hetero) is 1. The first kappa shape index (κ1) is 19.2. The Morgan fingerprint density at radius 1 is 1.29 bits per heavy atom. The SMILES string of the molecule is Cc1sc2nc(SCC(=O)C(C)(C)C)n(CC(C)C)c(=O)c2c1C. The van der Waals surface area contributed by atoms with E-state index in [2.05, 4.69) is 13.8 Å². The molecule has 2 heterocycles. The maximum Gasteiger partial charge on any atom is 0.263 e. The Hall–Kier alpha value is -1.14. The van der Waals surface area contributed by atoms with Crippen molar-refractivity contribution in [1.29, 1.82) is 0 Å². The van der Waals surface area contributed by atoms with E-state index in [1.807, 2.05) is 34.6 Å². The molecule has 2 aromatic rings. The molecule has 0 aliphatic heterocycles. The van der Waals surface area contributed by atoms with Gasteiger partial charge in [-0.25, -0.2) is 4.98 Å². The highest BCUT2D eigenvalue weighted by molar-refractivity contribution is 7.99. The largest absolute Gasteiger partial charge is 0.298 e. The summed E-state index contributed by atoms with van der Waals surface area (Å²) in [6.07, 6.45) is 0. The number of thioether (sulfide) groups is 1. The van der Waals surface area contributed by atoms with Crippen molar-refractivity contribution in [3.8, 4) is 0 Å². The van der Waals surface area contributed by atoms with Crippen LogP contribution >= 0.6 is 23.1 Å². The quantitative estimate of drug-likeness (QED) is 0.580. The van der Waals surface area contributed by atoms with Crippen LogP contribution in [0.3, 0.4) is 0 Å². The van der Waals surface area contributed by atoms with Crippen molar-refractivity contribution in [2.24, 2.45) is 11.3 Å². The van der Waals surface area contributed by atoms with Crippen LogP contribution in [-0.2, 0) is 11.3 Å². The molecule has 6 heteroatoms. The molecule has 0 bridgehead atoms. The predicted octanol–water partition coefficient (Wildman–Crippen LogP) is 4.44. The van der Waals surface area contributed by atoms with Gasteiger partial charge < -0.3 is 0 Å². The molecule has 4 nitrogen and oxygen atoms in total. The minimum Gasteiger partial charge on any atom is -0.298 e. The van der Waals surface area contributed by atoms with Crippen LogP contribution < -0.4 is 5.56 Å². The zero-order chi connectivity index (χ0) is 18.2. The molecule has 0 radical (unpaired) electrons. The lowest BCUT2D eigenvalue weighted by Gasteiger charge is -2.17.